The van der Waals surface area contributed by atoms with Gasteiger partial charge in [-0.05, 0) is 44.9 Å². The largest absolute Gasteiger partial charge is 0.395 e. The molecule has 144 valence electrons. The SMILES string of the molecule is C/C(NC(=O)N[C@@H](CO)CNCCO)=C(/C)C(=N)c1cnc(C)c(C)c1. The number of aryl methyl sites for hydroxylation is 2. The molecule has 0 spiro atoms. The average Bonchev–Trinajstić information content (AvgIpc) is 2.61. The standard InChI is InChI=1S/C18H29N5O3/c1-11-7-15(8-21-13(11)3)17(19)12(2)14(4)22-18(26)23-16(10-25)9-20-5-6-24/h7-8,16,19-20,24-25H,5-6,9-10H2,1-4H3,(H2,22,23,26)/b14-12+,19-17?/t16-/m1/s1. The molecular weight excluding hydrogens is 334 g/mol. The van der Waals surface area contributed by atoms with E-state index >= 15 is 0 Å². The molecule has 0 aliphatic heterocycles. The van der Waals surface area contributed by atoms with Gasteiger partial charge in [-0.15, -0.1) is 0 Å². The predicted molar refractivity (Wildman–Crippen MR) is 101 cm³/mol. The van der Waals surface area contributed by atoms with Gasteiger partial charge in [0.25, 0.3) is 0 Å². The van der Waals surface area contributed by atoms with Crippen molar-refractivity contribution in [3.05, 3.63) is 40.4 Å². The van der Waals surface area contributed by atoms with E-state index in [2.05, 4.69) is 20.9 Å². The number of nitrogens with zero attached hydrogens (tertiary/aromatic N) is 1. The summed E-state index contributed by atoms with van der Waals surface area (Å²) in [7, 11) is 0. The molecule has 1 rings (SSSR count). The summed E-state index contributed by atoms with van der Waals surface area (Å²) in [6.07, 6.45) is 1.65. The second-order valence-electron chi connectivity index (χ2n) is 6.16. The molecule has 6 N–H and O–H groups in total. The van der Waals surface area contributed by atoms with Crippen LogP contribution in [0.25, 0.3) is 0 Å². The third kappa shape index (κ3) is 6.55. The number of pyridine rings is 1. The average molecular weight is 363 g/mol. The van der Waals surface area contributed by atoms with Crippen molar-refractivity contribution in [3.8, 4) is 0 Å². The zero-order chi connectivity index (χ0) is 19.7. The number of aliphatic hydroxyl groups excluding tert-OH is 2. The van der Waals surface area contributed by atoms with Crippen LogP contribution in [0.2, 0.25) is 0 Å². The molecule has 1 aromatic heterocycles. The fourth-order valence-corrected chi connectivity index (χ4v) is 2.19. The third-order valence-corrected chi connectivity index (χ3v) is 4.10. The van der Waals surface area contributed by atoms with E-state index in [9.17, 15) is 9.90 Å². The van der Waals surface area contributed by atoms with Gasteiger partial charge in [0, 0.05) is 36.2 Å². The Morgan fingerprint density at radius 2 is 2.00 bits per heavy atom. The predicted octanol–water partition coefficient (Wildman–Crippen LogP) is 0.602. The van der Waals surface area contributed by atoms with Crippen LogP contribution in [0.15, 0.2) is 23.5 Å². The van der Waals surface area contributed by atoms with E-state index in [-0.39, 0.29) is 13.2 Å². The molecule has 1 atom stereocenters. The maximum Gasteiger partial charge on any atom is 0.319 e. The molecule has 0 aromatic carbocycles. The molecule has 8 nitrogen and oxygen atoms in total. The lowest BCUT2D eigenvalue weighted by atomic mass is 10.0. The molecular formula is C18H29N5O3. The number of urea groups is 1. The Morgan fingerprint density at radius 1 is 1.31 bits per heavy atom. The maximum absolute atomic E-state index is 12.1. The fourth-order valence-electron chi connectivity index (χ4n) is 2.19. The van der Waals surface area contributed by atoms with Crippen LogP contribution in [0.3, 0.4) is 0 Å². The second-order valence-corrected chi connectivity index (χ2v) is 6.16. The van der Waals surface area contributed by atoms with Crippen LogP contribution in [-0.2, 0) is 0 Å². The maximum atomic E-state index is 12.1. The number of hydrogen-bond acceptors (Lipinski definition) is 6. The molecule has 0 bridgehead atoms. The van der Waals surface area contributed by atoms with E-state index in [0.29, 0.717) is 35.6 Å². The van der Waals surface area contributed by atoms with Crippen LogP contribution >= 0.6 is 0 Å². The number of nitrogens with one attached hydrogen (secondary N) is 4. The van der Waals surface area contributed by atoms with Crippen LogP contribution in [0.1, 0.15) is 30.7 Å². The first-order valence-electron chi connectivity index (χ1n) is 8.50. The third-order valence-electron chi connectivity index (χ3n) is 4.10. The van der Waals surface area contributed by atoms with Crippen molar-refractivity contribution >= 4 is 11.7 Å². The van der Waals surface area contributed by atoms with E-state index in [1.807, 2.05) is 19.9 Å². The molecule has 0 saturated carbocycles. The number of carbonyl (C=O) groups is 1. The first-order chi connectivity index (χ1) is 12.3. The minimum Gasteiger partial charge on any atom is -0.395 e. The van der Waals surface area contributed by atoms with Crippen molar-refractivity contribution in [3.63, 3.8) is 0 Å². The minimum atomic E-state index is -0.474. The van der Waals surface area contributed by atoms with Crippen LogP contribution in [-0.4, -0.2) is 59.3 Å². The van der Waals surface area contributed by atoms with Crippen molar-refractivity contribution in [1.82, 2.24) is 20.9 Å². The summed E-state index contributed by atoms with van der Waals surface area (Å²) in [5.41, 5.74) is 4.08. The highest BCUT2D eigenvalue weighted by Gasteiger charge is 2.13. The molecule has 1 aromatic rings. The van der Waals surface area contributed by atoms with Crippen LogP contribution in [0.5, 0.6) is 0 Å². The van der Waals surface area contributed by atoms with Crippen molar-refractivity contribution < 1.29 is 15.0 Å². The lowest BCUT2D eigenvalue weighted by Crippen LogP contribution is -2.48. The first-order valence-corrected chi connectivity index (χ1v) is 8.50. The summed E-state index contributed by atoms with van der Waals surface area (Å²) >= 11 is 0. The van der Waals surface area contributed by atoms with Crippen LogP contribution in [0.4, 0.5) is 4.79 Å². The summed E-state index contributed by atoms with van der Waals surface area (Å²) < 4.78 is 0. The van der Waals surface area contributed by atoms with Gasteiger partial charge >= 0.3 is 6.03 Å². The topological polar surface area (TPSA) is 130 Å². The van der Waals surface area contributed by atoms with Gasteiger partial charge in [-0.2, -0.15) is 0 Å². The van der Waals surface area contributed by atoms with Crippen molar-refractivity contribution in [1.29, 1.82) is 5.41 Å². The number of hydrogen-bond donors (Lipinski definition) is 6. The monoisotopic (exact) mass is 363 g/mol. The molecule has 0 saturated heterocycles. The van der Waals surface area contributed by atoms with E-state index in [1.54, 1.807) is 20.0 Å². The molecule has 8 heteroatoms. The molecule has 0 fully saturated rings. The Hall–Kier alpha value is -2.29. The summed E-state index contributed by atoms with van der Waals surface area (Å²) in [6, 6.07) is 0.964. The summed E-state index contributed by atoms with van der Waals surface area (Å²) in [5.74, 6) is 0. The highest BCUT2D eigenvalue weighted by molar-refractivity contribution is 6.10. The van der Waals surface area contributed by atoms with E-state index in [1.165, 1.54) is 0 Å². The Bertz CT molecular complexity index is 673. The number of carbonyl (C=O) groups excluding carboxylic acids is 1. The number of rotatable bonds is 9. The Morgan fingerprint density at radius 3 is 2.58 bits per heavy atom. The van der Waals surface area contributed by atoms with Crippen LogP contribution in [0, 0.1) is 19.3 Å². The van der Waals surface area contributed by atoms with E-state index in [4.69, 9.17) is 10.5 Å². The van der Waals surface area contributed by atoms with Crippen molar-refractivity contribution in [2.45, 2.75) is 33.7 Å². The number of allylic oxidation sites excluding steroid dienone is 2. The molecule has 0 aliphatic rings. The Balaban J connectivity index is 2.72. The van der Waals surface area contributed by atoms with Gasteiger partial charge in [0.15, 0.2) is 0 Å². The molecule has 26 heavy (non-hydrogen) atoms. The van der Waals surface area contributed by atoms with Crippen LogP contribution < -0.4 is 16.0 Å². The van der Waals surface area contributed by atoms with Gasteiger partial charge in [0.2, 0.25) is 0 Å². The quantitative estimate of drug-likeness (QED) is 0.283. The Labute approximate surface area is 154 Å². The first kappa shape index (κ1) is 21.8. The van der Waals surface area contributed by atoms with Crippen molar-refractivity contribution in [2.75, 3.05) is 26.3 Å². The highest BCUT2D eigenvalue weighted by Crippen LogP contribution is 2.13. The van der Waals surface area contributed by atoms with Gasteiger partial charge in [0.1, 0.15) is 0 Å². The summed E-state index contributed by atoms with van der Waals surface area (Å²) in [4.78, 5) is 16.4. The lowest BCUT2D eigenvalue weighted by molar-refractivity contribution is 0.214. The van der Waals surface area contributed by atoms with E-state index < -0.39 is 12.1 Å². The summed E-state index contributed by atoms with van der Waals surface area (Å²) in [5, 5.41) is 34.6. The minimum absolute atomic E-state index is 0.0131. The van der Waals surface area contributed by atoms with Gasteiger partial charge in [0.05, 0.1) is 25.0 Å². The number of amides is 2. The normalized spacial score (nSPS) is 13.0. The molecule has 1 heterocycles. The highest BCUT2D eigenvalue weighted by atomic mass is 16.3. The molecule has 0 unspecified atom stereocenters. The fraction of sp³-hybridized carbons (Fsp3) is 0.500. The van der Waals surface area contributed by atoms with Gasteiger partial charge < -0.3 is 26.2 Å². The number of aromatic nitrogens is 1. The van der Waals surface area contributed by atoms with Gasteiger partial charge in [-0.25, -0.2) is 4.79 Å². The van der Waals surface area contributed by atoms with Gasteiger partial charge in [-0.1, -0.05) is 0 Å². The van der Waals surface area contributed by atoms with Crippen molar-refractivity contribution in [2.24, 2.45) is 0 Å². The molecule has 2 amide bonds. The van der Waals surface area contributed by atoms with Gasteiger partial charge in [-0.3, -0.25) is 10.4 Å². The Kier molecular flexibility index (Phi) is 8.91. The second kappa shape index (κ2) is 10.6. The molecule has 0 aliphatic carbocycles. The zero-order valence-electron chi connectivity index (χ0n) is 15.8. The summed E-state index contributed by atoms with van der Waals surface area (Å²) in [6.45, 7) is 7.83. The van der Waals surface area contributed by atoms with E-state index in [0.717, 1.165) is 11.3 Å². The zero-order valence-corrected chi connectivity index (χ0v) is 15.8. The smallest absolute Gasteiger partial charge is 0.319 e. The number of aliphatic hydroxyl groups is 2. The molecule has 0 radical (unpaired) electrons. The lowest BCUT2D eigenvalue weighted by Gasteiger charge is -2.18.